The SMILES string of the molecule is BC1=C(O)CCC(C2(COC)CC2)=C1. The van der Waals surface area contributed by atoms with Crippen molar-refractivity contribution in [2.75, 3.05) is 13.7 Å². The number of hydrogen-bond acceptors (Lipinski definition) is 2. The van der Waals surface area contributed by atoms with Gasteiger partial charge in [0.05, 0.1) is 12.4 Å². The van der Waals surface area contributed by atoms with Crippen molar-refractivity contribution < 1.29 is 9.84 Å². The van der Waals surface area contributed by atoms with Crippen LogP contribution < -0.4 is 0 Å². The van der Waals surface area contributed by atoms with Crippen LogP contribution in [0.5, 0.6) is 0 Å². The number of methoxy groups -OCH3 is 1. The number of hydrogen-bond donors (Lipinski definition) is 1. The Morgan fingerprint density at radius 2 is 2.21 bits per heavy atom. The monoisotopic (exact) mass is 192 g/mol. The Labute approximate surface area is 86.1 Å². The smallest absolute Gasteiger partial charge is 0.143 e. The molecule has 2 aliphatic rings. The van der Waals surface area contributed by atoms with Crippen molar-refractivity contribution in [3.05, 3.63) is 22.9 Å². The van der Waals surface area contributed by atoms with Gasteiger partial charge >= 0.3 is 0 Å². The van der Waals surface area contributed by atoms with E-state index < -0.39 is 0 Å². The highest BCUT2D eigenvalue weighted by molar-refractivity contribution is 6.23. The summed E-state index contributed by atoms with van der Waals surface area (Å²) in [6.07, 6.45) is 6.47. The lowest BCUT2D eigenvalue weighted by molar-refractivity contribution is 0.154. The van der Waals surface area contributed by atoms with Gasteiger partial charge in [-0.3, -0.25) is 0 Å². The van der Waals surface area contributed by atoms with Crippen LogP contribution in [0.3, 0.4) is 0 Å². The molecule has 0 radical (unpaired) electrons. The zero-order chi connectivity index (χ0) is 10.2. The molecule has 0 aliphatic heterocycles. The van der Waals surface area contributed by atoms with Gasteiger partial charge in [0.25, 0.3) is 0 Å². The predicted octanol–water partition coefficient (Wildman–Crippen LogP) is 1.54. The molecule has 0 aromatic rings. The summed E-state index contributed by atoms with van der Waals surface area (Å²) >= 11 is 0. The van der Waals surface area contributed by atoms with Gasteiger partial charge in [-0.2, -0.15) is 0 Å². The summed E-state index contributed by atoms with van der Waals surface area (Å²) in [6, 6.07) is 0. The van der Waals surface area contributed by atoms with E-state index in [1.165, 1.54) is 18.4 Å². The number of aliphatic hydroxyl groups is 1. The van der Waals surface area contributed by atoms with Crippen molar-refractivity contribution in [3.8, 4) is 0 Å². The molecule has 0 spiro atoms. The fraction of sp³-hybridized carbons (Fsp3) is 0.636. The van der Waals surface area contributed by atoms with Crippen LogP contribution in [0.25, 0.3) is 0 Å². The number of ether oxygens (including phenoxy) is 1. The van der Waals surface area contributed by atoms with Gasteiger partial charge in [-0.15, -0.1) is 0 Å². The van der Waals surface area contributed by atoms with E-state index >= 15 is 0 Å². The number of aliphatic hydroxyl groups excluding tert-OH is 1. The van der Waals surface area contributed by atoms with Crippen molar-refractivity contribution in [2.45, 2.75) is 25.7 Å². The molecule has 2 nitrogen and oxygen atoms in total. The van der Waals surface area contributed by atoms with Crippen molar-refractivity contribution in [1.82, 2.24) is 0 Å². The van der Waals surface area contributed by atoms with Crippen LogP contribution >= 0.6 is 0 Å². The van der Waals surface area contributed by atoms with E-state index in [1.54, 1.807) is 7.11 Å². The van der Waals surface area contributed by atoms with Crippen LogP contribution in [-0.2, 0) is 4.74 Å². The second kappa shape index (κ2) is 3.46. The number of allylic oxidation sites excluding steroid dienone is 3. The van der Waals surface area contributed by atoms with Crippen LogP contribution in [0.1, 0.15) is 25.7 Å². The van der Waals surface area contributed by atoms with Crippen LogP contribution in [-0.4, -0.2) is 26.7 Å². The molecule has 0 aromatic heterocycles. The molecule has 0 heterocycles. The van der Waals surface area contributed by atoms with Gasteiger partial charge < -0.3 is 9.84 Å². The maximum Gasteiger partial charge on any atom is 0.143 e. The summed E-state index contributed by atoms with van der Waals surface area (Å²) in [6.45, 7) is 0.840. The topological polar surface area (TPSA) is 29.5 Å². The van der Waals surface area contributed by atoms with Crippen molar-refractivity contribution in [2.24, 2.45) is 5.41 Å². The molecule has 3 heteroatoms. The maximum absolute atomic E-state index is 9.52. The first-order valence-electron chi connectivity index (χ1n) is 5.27. The minimum absolute atomic E-state index is 0.330. The van der Waals surface area contributed by atoms with Crippen molar-refractivity contribution in [3.63, 3.8) is 0 Å². The zero-order valence-corrected chi connectivity index (χ0v) is 8.97. The first-order chi connectivity index (χ1) is 6.68. The maximum atomic E-state index is 9.52. The second-order valence-corrected chi connectivity index (χ2v) is 4.51. The van der Waals surface area contributed by atoms with E-state index in [2.05, 4.69) is 6.08 Å². The third-order valence-electron chi connectivity index (χ3n) is 3.43. The fourth-order valence-corrected chi connectivity index (χ4v) is 2.27. The zero-order valence-electron chi connectivity index (χ0n) is 8.97. The first kappa shape index (κ1) is 9.84. The van der Waals surface area contributed by atoms with Crippen LogP contribution in [0, 0.1) is 5.41 Å². The van der Waals surface area contributed by atoms with E-state index in [1.807, 2.05) is 7.85 Å². The lowest BCUT2D eigenvalue weighted by Gasteiger charge is -2.22. The van der Waals surface area contributed by atoms with Gasteiger partial charge in [0.2, 0.25) is 0 Å². The van der Waals surface area contributed by atoms with Gasteiger partial charge in [0, 0.05) is 18.9 Å². The predicted molar refractivity (Wildman–Crippen MR) is 59.1 cm³/mol. The summed E-state index contributed by atoms with van der Waals surface area (Å²) in [5, 5.41) is 9.52. The first-order valence-corrected chi connectivity index (χ1v) is 5.27. The molecular weight excluding hydrogens is 175 g/mol. The largest absolute Gasteiger partial charge is 0.513 e. The van der Waals surface area contributed by atoms with E-state index in [0.717, 1.165) is 24.9 Å². The molecule has 0 atom stereocenters. The van der Waals surface area contributed by atoms with Crippen LogP contribution in [0.4, 0.5) is 0 Å². The fourth-order valence-electron chi connectivity index (χ4n) is 2.27. The summed E-state index contributed by atoms with van der Waals surface area (Å²) < 4.78 is 5.27. The quantitative estimate of drug-likeness (QED) is 0.687. The standard InChI is InChI=1S/C11H17BO2/c1-14-7-11(4-5-11)8-2-3-10(13)9(12)6-8/h6,13H,2-5,7,12H2,1H3. The Morgan fingerprint density at radius 1 is 1.50 bits per heavy atom. The Morgan fingerprint density at radius 3 is 2.71 bits per heavy atom. The van der Waals surface area contributed by atoms with Gasteiger partial charge in [0.1, 0.15) is 7.85 Å². The molecule has 0 amide bonds. The summed E-state index contributed by atoms with van der Waals surface area (Å²) in [7, 11) is 3.75. The van der Waals surface area contributed by atoms with Crippen molar-refractivity contribution >= 4 is 7.85 Å². The number of rotatable bonds is 3. The van der Waals surface area contributed by atoms with Gasteiger partial charge in [0.15, 0.2) is 0 Å². The molecule has 76 valence electrons. The van der Waals surface area contributed by atoms with Crippen LogP contribution in [0.2, 0.25) is 0 Å². The molecule has 14 heavy (non-hydrogen) atoms. The van der Waals surface area contributed by atoms with E-state index in [4.69, 9.17) is 4.74 Å². The average Bonchev–Trinajstić information content (AvgIpc) is 2.91. The molecule has 1 saturated carbocycles. The Bertz CT molecular complexity index is 300. The van der Waals surface area contributed by atoms with Gasteiger partial charge in [-0.05, 0) is 19.3 Å². The van der Waals surface area contributed by atoms with Crippen molar-refractivity contribution in [1.29, 1.82) is 0 Å². The molecule has 1 fully saturated rings. The minimum Gasteiger partial charge on any atom is -0.513 e. The molecule has 0 unspecified atom stereocenters. The Hall–Kier alpha value is -0.695. The normalized spacial score (nSPS) is 24.8. The second-order valence-electron chi connectivity index (χ2n) is 4.51. The molecule has 2 rings (SSSR count). The third kappa shape index (κ3) is 1.61. The van der Waals surface area contributed by atoms with E-state index in [9.17, 15) is 5.11 Å². The lowest BCUT2D eigenvalue weighted by Crippen LogP contribution is -2.15. The van der Waals surface area contributed by atoms with E-state index in [-0.39, 0.29) is 0 Å². The van der Waals surface area contributed by atoms with Gasteiger partial charge in [-0.25, -0.2) is 0 Å². The van der Waals surface area contributed by atoms with E-state index in [0.29, 0.717) is 11.2 Å². The van der Waals surface area contributed by atoms with Crippen LogP contribution in [0.15, 0.2) is 22.9 Å². The highest BCUT2D eigenvalue weighted by Gasteiger charge is 2.46. The molecule has 0 aromatic carbocycles. The molecule has 1 N–H and O–H groups in total. The third-order valence-corrected chi connectivity index (χ3v) is 3.43. The minimum atomic E-state index is 0.330. The molecular formula is C11H17BO2. The summed E-state index contributed by atoms with van der Waals surface area (Å²) in [5.74, 6) is 0.557. The Balaban J connectivity index is 2.16. The molecule has 2 aliphatic carbocycles. The summed E-state index contributed by atoms with van der Waals surface area (Å²) in [4.78, 5) is 0. The highest BCUT2D eigenvalue weighted by atomic mass is 16.5. The highest BCUT2D eigenvalue weighted by Crippen LogP contribution is 2.54. The molecule has 0 bridgehead atoms. The van der Waals surface area contributed by atoms with Gasteiger partial charge in [-0.1, -0.05) is 17.1 Å². The Kier molecular flexibility index (Phi) is 2.44. The molecule has 0 saturated heterocycles. The lowest BCUT2D eigenvalue weighted by atomic mass is 9.80. The average molecular weight is 192 g/mol. The summed E-state index contributed by atoms with van der Waals surface area (Å²) in [5.41, 5.74) is 2.85.